The lowest BCUT2D eigenvalue weighted by Crippen LogP contribution is -2.28. The highest BCUT2D eigenvalue weighted by Crippen LogP contribution is 2.35. The molecule has 1 heterocycles. The van der Waals surface area contributed by atoms with Crippen molar-refractivity contribution in [3.63, 3.8) is 0 Å². The minimum atomic E-state index is 0.343. The van der Waals surface area contributed by atoms with Crippen molar-refractivity contribution >= 4 is 0 Å². The number of methoxy groups -OCH3 is 1. The van der Waals surface area contributed by atoms with Crippen molar-refractivity contribution < 1.29 is 9.84 Å². The van der Waals surface area contributed by atoms with E-state index in [1.165, 1.54) is 18.4 Å². The molecule has 1 fully saturated rings. The van der Waals surface area contributed by atoms with Crippen molar-refractivity contribution in [1.29, 1.82) is 0 Å². The first-order valence-electron chi connectivity index (χ1n) is 6.84. The minimum Gasteiger partial charge on any atom is -0.504 e. The number of aromatic hydroxyl groups is 1. The van der Waals surface area contributed by atoms with Crippen LogP contribution in [-0.4, -0.2) is 25.3 Å². The fourth-order valence-electron chi connectivity index (χ4n) is 2.75. The molecule has 3 nitrogen and oxygen atoms in total. The number of nitrogens with one attached hydrogen (secondary N) is 1. The summed E-state index contributed by atoms with van der Waals surface area (Å²) in [4.78, 5) is 0. The Bertz CT molecular complexity index is 398. The number of benzene rings is 1. The van der Waals surface area contributed by atoms with E-state index < -0.39 is 0 Å². The van der Waals surface area contributed by atoms with Gasteiger partial charge >= 0.3 is 0 Å². The lowest BCUT2D eigenvalue weighted by Gasteiger charge is -2.24. The van der Waals surface area contributed by atoms with Crippen LogP contribution in [0.1, 0.15) is 30.9 Å². The highest BCUT2D eigenvalue weighted by atomic mass is 16.5. The summed E-state index contributed by atoms with van der Waals surface area (Å²) in [7, 11) is 1.61. The molecule has 0 saturated carbocycles. The molecular weight excluding hydrogens is 226 g/mol. The summed E-state index contributed by atoms with van der Waals surface area (Å²) >= 11 is 0. The van der Waals surface area contributed by atoms with Gasteiger partial charge in [-0.25, -0.2) is 0 Å². The molecule has 0 amide bonds. The van der Waals surface area contributed by atoms with Gasteiger partial charge in [-0.2, -0.15) is 0 Å². The third kappa shape index (κ3) is 2.78. The number of aryl methyl sites for hydroxylation is 1. The zero-order valence-corrected chi connectivity index (χ0v) is 11.3. The average Bonchev–Trinajstić information content (AvgIpc) is 2.42. The number of hydrogen-bond donors (Lipinski definition) is 2. The second-order valence-corrected chi connectivity index (χ2v) is 5.01. The van der Waals surface area contributed by atoms with Crippen LogP contribution in [0.25, 0.3) is 0 Å². The topological polar surface area (TPSA) is 41.5 Å². The van der Waals surface area contributed by atoms with Crippen molar-refractivity contribution in [2.75, 3.05) is 20.2 Å². The quantitative estimate of drug-likeness (QED) is 0.861. The molecule has 0 aliphatic carbocycles. The molecule has 1 aromatic carbocycles. The van der Waals surface area contributed by atoms with Crippen LogP contribution in [0.5, 0.6) is 11.5 Å². The van der Waals surface area contributed by atoms with Crippen LogP contribution in [0.15, 0.2) is 12.1 Å². The first-order chi connectivity index (χ1) is 8.76. The number of phenolic OH excluding ortho intramolecular Hbond substituents is 1. The maximum absolute atomic E-state index is 10.3. The van der Waals surface area contributed by atoms with Crippen LogP contribution in [0.2, 0.25) is 0 Å². The summed E-state index contributed by atoms with van der Waals surface area (Å²) in [5, 5.41) is 13.7. The maximum atomic E-state index is 10.3. The SMILES string of the molecule is CCc1ccc(OC)c(O)c1CC1CCNCC1. The Kier molecular flexibility index (Phi) is 4.48. The fourth-order valence-corrected chi connectivity index (χ4v) is 2.75. The Morgan fingerprint density at radius 2 is 2.06 bits per heavy atom. The molecular formula is C15H23NO2. The largest absolute Gasteiger partial charge is 0.504 e. The van der Waals surface area contributed by atoms with E-state index in [1.807, 2.05) is 6.07 Å². The van der Waals surface area contributed by atoms with Gasteiger partial charge in [-0.3, -0.25) is 0 Å². The van der Waals surface area contributed by atoms with E-state index in [2.05, 4.69) is 18.3 Å². The molecule has 1 aliphatic heterocycles. The Labute approximate surface area is 109 Å². The number of hydrogen-bond acceptors (Lipinski definition) is 3. The molecule has 0 unspecified atom stereocenters. The number of ether oxygens (including phenoxy) is 1. The smallest absolute Gasteiger partial charge is 0.161 e. The zero-order valence-electron chi connectivity index (χ0n) is 11.3. The van der Waals surface area contributed by atoms with Gasteiger partial charge in [0.25, 0.3) is 0 Å². The molecule has 1 saturated heterocycles. The highest BCUT2D eigenvalue weighted by Gasteiger charge is 2.19. The molecule has 0 radical (unpaired) electrons. The molecule has 0 aromatic heterocycles. The molecule has 2 rings (SSSR count). The maximum Gasteiger partial charge on any atom is 0.161 e. The van der Waals surface area contributed by atoms with Gasteiger partial charge < -0.3 is 15.2 Å². The molecule has 18 heavy (non-hydrogen) atoms. The first kappa shape index (κ1) is 13.2. The van der Waals surface area contributed by atoms with E-state index in [4.69, 9.17) is 4.74 Å². The van der Waals surface area contributed by atoms with E-state index >= 15 is 0 Å². The van der Waals surface area contributed by atoms with E-state index in [1.54, 1.807) is 7.11 Å². The normalized spacial score (nSPS) is 16.8. The van der Waals surface area contributed by atoms with E-state index in [9.17, 15) is 5.11 Å². The molecule has 0 bridgehead atoms. The van der Waals surface area contributed by atoms with Crippen LogP contribution in [0.4, 0.5) is 0 Å². The summed E-state index contributed by atoms with van der Waals surface area (Å²) in [5.41, 5.74) is 2.33. The molecule has 0 spiro atoms. The van der Waals surface area contributed by atoms with Crippen LogP contribution in [0, 0.1) is 5.92 Å². The van der Waals surface area contributed by atoms with Crippen LogP contribution in [-0.2, 0) is 12.8 Å². The molecule has 1 aliphatic rings. The second kappa shape index (κ2) is 6.10. The van der Waals surface area contributed by atoms with Gasteiger partial charge in [0.05, 0.1) is 7.11 Å². The van der Waals surface area contributed by atoms with Crippen LogP contribution < -0.4 is 10.1 Å². The summed E-state index contributed by atoms with van der Waals surface area (Å²) in [6, 6.07) is 3.94. The van der Waals surface area contributed by atoms with Gasteiger partial charge in [0.1, 0.15) is 0 Å². The van der Waals surface area contributed by atoms with Crippen molar-refractivity contribution in [2.45, 2.75) is 32.6 Å². The van der Waals surface area contributed by atoms with Gasteiger partial charge in [0, 0.05) is 5.56 Å². The Hall–Kier alpha value is -1.22. The number of piperidine rings is 1. The summed E-state index contributed by atoms with van der Waals surface area (Å²) in [5.74, 6) is 1.61. The van der Waals surface area contributed by atoms with Crippen molar-refractivity contribution in [3.8, 4) is 11.5 Å². The zero-order chi connectivity index (χ0) is 13.0. The third-order valence-electron chi connectivity index (χ3n) is 3.90. The predicted molar refractivity (Wildman–Crippen MR) is 73.3 cm³/mol. The number of phenols is 1. The van der Waals surface area contributed by atoms with Gasteiger partial charge in [0.2, 0.25) is 0 Å². The summed E-state index contributed by atoms with van der Waals surface area (Å²) in [6.07, 6.45) is 4.31. The fraction of sp³-hybridized carbons (Fsp3) is 0.600. The molecule has 2 N–H and O–H groups in total. The second-order valence-electron chi connectivity index (χ2n) is 5.01. The predicted octanol–water partition coefficient (Wildman–Crippen LogP) is 2.51. The summed E-state index contributed by atoms with van der Waals surface area (Å²) < 4.78 is 5.21. The molecule has 100 valence electrons. The van der Waals surface area contributed by atoms with E-state index in [0.717, 1.165) is 31.5 Å². The van der Waals surface area contributed by atoms with E-state index in [0.29, 0.717) is 17.4 Å². The number of rotatable bonds is 4. The van der Waals surface area contributed by atoms with Gasteiger partial charge in [-0.05, 0) is 56.3 Å². The highest BCUT2D eigenvalue weighted by molar-refractivity contribution is 5.50. The average molecular weight is 249 g/mol. The van der Waals surface area contributed by atoms with Gasteiger partial charge in [-0.1, -0.05) is 13.0 Å². The first-order valence-corrected chi connectivity index (χ1v) is 6.84. The van der Waals surface area contributed by atoms with Gasteiger partial charge in [-0.15, -0.1) is 0 Å². The van der Waals surface area contributed by atoms with Crippen molar-refractivity contribution in [1.82, 2.24) is 5.32 Å². The monoisotopic (exact) mass is 249 g/mol. The lowest BCUT2D eigenvalue weighted by molar-refractivity contribution is 0.351. The standard InChI is InChI=1S/C15H23NO2/c1-3-12-4-5-14(18-2)15(17)13(12)10-11-6-8-16-9-7-11/h4-5,11,16-17H,3,6-10H2,1-2H3. The Morgan fingerprint density at radius 3 is 2.67 bits per heavy atom. The Balaban J connectivity index is 2.23. The molecule has 0 atom stereocenters. The summed E-state index contributed by atoms with van der Waals surface area (Å²) in [6.45, 7) is 4.32. The molecule has 1 aromatic rings. The van der Waals surface area contributed by atoms with Crippen LogP contribution >= 0.6 is 0 Å². The molecule has 3 heteroatoms. The minimum absolute atomic E-state index is 0.343. The van der Waals surface area contributed by atoms with Crippen molar-refractivity contribution in [2.24, 2.45) is 5.92 Å². The lowest BCUT2D eigenvalue weighted by atomic mass is 9.88. The third-order valence-corrected chi connectivity index (χ3v) is 3.90. The van der Waals surface area contributed by atoms with Gasteiger partial charge in [0.15, 0.2) is 11.5 Å². The Morgan fingerprint density at radius 1 is 1.33 bits per heavy atom. The van der Waals surface area contributed by atoms with Crippen LogP contribution in [0.3, 0.4) is 0 Å². The van der Waals surface area contributed by atoms with E-state index in [-0.39, 0.29) is 0 Å². The van der Waals surface area contributed by atoms with Crippen molar-refractivity contribution in [3.05, 3.63) is 23.3 Å².